The van der Waals surface area contributed by atoms with E-state index >= 15 is 0 Å². The van der Waals surface area contributed by atoms with Crippen LogP contribution in [0.5, 0.6) is 0 Å². The van der Waals surface area contributed by atoms with E-state index in [1.54, 1.807) is 24.3 Å². The first-order valence-electron chi connectivity index (χ1n) is 10.6. The van der Waals surface area contributed by atoms with Crippen LogP contribution in [-0.2, 0) is 19.6 Å². The fourth-order valence-electron chi connectivity index (χ4n) is 4.45. The minimum Gasteiger partial charge on any atom is -0.465 e. The van der Waals surface area contributed by atoms with Crippen LogP contribution in [0.25, 0.3) is 0 Å². The van der Waals surface area contributed by atoms with Crippen LogP contribution in [0.3, 0.4) is 0 Å². The molecule has 5 nitrogen and oxygen atoms in total. The fourth-order valence-corrected chi connectivity index (χ4v) is 7.10. The Morgan fingerprint density at radius 1 is 1.03 bits per heavy atom. The molecule has 1 atom stereocenters. The lowest BCUT2D eigenvalue weighted by Gasteiger charge is -2.37. The molecule has 1 heterocycles. The molecular formula is C24H27NO4S2. The number of hydrogen-bond donors (Lipinski definition) is 0. The smallest absolute Gasteiger partial charge is 0.346 e. The molecule has 1 aliphatic heterocycles. The Morgan fingerprint density at radius 2 is 1.71 bits per heavy atom. The Labute approximate surface area is 188 Å². The molecule has 7 heteroatoms. The lowest BCUT2D eigenvalue weighted by molar-refractivity contribution is -0.135. The van der Waals surface area contributed by atoms with E-state index in [1.807, 2.05) is 31.2 Å². The van der Waals surface area contributed by atoms with E-state index in [0.717, 1.165) is 41.7 Å². The predicted molar refractivity (Wildman–Crippen MR) is 122 cm³/mol. The molecule has 2 aliphatic rings. The Morgan fingerprint density at radius 3 is 2.39 bits per heavy atom. The SMILES string of the molecule is COC(=O)C1=CN(S(=O)(=O)c2ccc(C)cc2)[C@H](C2CCCCC2)c2ccccc2S1. The van der Waals surface area contributed by atoms with Crippen LogP contribution in [0.15, 0.2) is 69.4 Å². The zero-order valence-electron chi connectivity index (χ0n) is 17.8. The first-order chi connectivity index (χ1) is 14.9. The molecule has 0 unspecified atom stereocenters. The molecule has 0 spiro atoms. The third-order valence-corrected chi connectivity index (χ3v) is 8.89. The molecule has 0 N–H and O–H groups in total. The average Bonchev–Trinajstić information content (AvgIpc) is 2.97. The van der Waals surface area contributed by atoms with E-state index in [1.165, 1.54) is 35.8 Å². The molecule has 1 fully saturated rings. The minimum atomic E-state index is -3.88. The number of fused-ring (bicyclic) bond motifs is 1. The number of carbonyl (C=O) groups excluding carboxylic acids is 1. The lowest BCUT2D eigenvalue weighted by Crippen LogP contribution is -2.36. The van der Waals surface area contributed by atoms with Crippen molar-refractivity contribution in [3.63, 3.8) is 0 Å². The van der Waals surface area contributed by atoms with Gasteiger partial charge in [0.15, 0.2) is 0 Å². The lowest BCUT2D eigenvalue weighted by atomic mass is 9.81. The van der Waals surface area contributed by atoms with Gasteiger partial charge in [-0.1, -0.05) is 66.9 Å². The highest BCUT2D eigenvalue weighted by Gasteiger charge is 2.40. The normalized spacial score (nSPS) is 19.9. The predicted octanol–water partition coefficient (Wildman–Crippen LogP) is 5.43. The number of sulfonamides is 1. The summed E-state index contributed by atoms with van der Waals surface area (Å²) < 4.78 is 34.2. The topological polar surface area (TPSA) is 63.7 Å². The van der Waals surface area contributed by atoms with Crippen LogP contribution in [0.4, 0.5) is 0 Å². The molecule has 1 aliphatic carbocycles. The van der Waals surface area contributed by atoms with Crippen molar-refractivity contribution in [3.05, 3.63) is 70.8 Å². The van der Waals surface area contributed by atoms with Crippen LogP contribution in [0, 0.1) is 12.8 Å². The second kappa shape index (κ2) is 9.09. The Hall–Kier alpha value is -2.25. The number of thioether (sulfide) groups is 1. The molecule has 164 valence electrons. The standard InChI is InChI=1S/C24H27NO4S2/c1-17-12-14-19(15-13-17)31(27,28)25-16-22(24(26)29-2)30-21-11-7-6-10-20(21)23(25)18-8-4-3-5-9-18/h6-7,10-16,18,23H,3-5,8-9H2,1-2H3/t23-/m1/s1. The van der Waals surface area contributed by atoms with Gasteiger partial charge in [0, 0.05) is 11.1 Å². The maximum absolute atomic E-state index is 13.9. The number of methoxy groups -OCH3 is 1. The maximum Gasteiger partial charge on any atom is 0.346 e. The number of esters is 1. The fraction of sp³-hybridized carbons (Fsp3) is 0.375. The number of benzene rings is 2. The van der Waals surface area contributed by atoms with Gasteiger partial charge in [0.25, 0.3) is 10.0 Å². The molecule has 0 aromatic heterocycles. The third-order valence-electron chi connectivity index (χ3n) is 6.06. The van der Waals surface area contributed by atoms with Crippen LogP contribution in [0.1, 0.15) is 49.3 Å². The van der Waals surface area contributed by atoms with Crippen molar-refractivity contribution in [2.75, 3.05) is 7.11 Å². The summed E-state index contributed by atoms with van der Waals surface area (Å²) in [5, 5.41) is 0. The largest absolute Gasteiger partial charge is 0.465 e. The minimum absolute atomic E-state index is 0.184. The summed E-state index contributed by atoms with van der Waals surface area (Å²) in [4.78, 5) is 13.9. The summed E-state index contributed by atoms with van der Waals surface area (Å²) in [7, 11) is -2.56. The number of nitrogens with zero attached hydrogens (tertiary/aromatic N) is 1. The van der Waals surface area contributed by atoms with E-state index in [2.05, 4.69) is 0 Å². The summed E-state index contributed by atoms with van der Waals surface area (Å²) in [5.74, 6) is -0.350. The van der Waals surface area contributed by atoms with Crippen LogP contribution >= 0.6 is 11.8 Å². The van der Waals surface area contributed by atoms with Crippen molar-refractivity contribution in [3.8, 4) is 0 Å². The van der Waals surface area contributed by atoms with E-state index in [4.69, 9.17) is 4.74 Å². The summed E-state index contributed by atoms with van der Waals surface area (Å²) in [6.45, 7) is 1.93. The zero-order valence-corrected chi connectivity index (χ0v) is 19.4. The van der Waals surface area contributed by atoms with E-state index in [9.17, 15) is 13.2 Å². The van der Waals surface area contributed by atoms with Gasteiger partial charge in [-0.2, -0.15) is 0 Å². The highest BCUT2D eigenvalue weighted by atomic mass is 32.2. The number of carbonyl (C=O) groups is 1. The molecule has 0 saturated heterocycles. The highest BCUT2D eigenvalue weighted by Crippen LogP contribution is 2.48. The van der Waals surface area contributed by atoms with Crippen molar-refractivity contribution in [2.24, 2.45) is 5.92 Å². The van der Waals surface area contributed by atoms with Crippen molar-refractivity contribution in [1.82, 2.24) is 4.31 Å². The zero-order chi connectivity index (χ0) is 22.0. The third kappa shape index (κ3) is 4.39. The van der Waals surface area contributed by atoms with Gasteiger partial charge in [0.1, 0.15) is 4.91 Å². The number of hydrogen-bond acceptors (Lipinski definition) is 5. The van der Waals surface area contributed by atoms with Crippen molar-refractivity contribution < 1.29 is 17.9 Å². The van der Waals surface area contributed by atoms with Crippen molar-refractivity contribution >= 4 is 27.8 Å². The maximum atomic E-state index is 13.9. The summed E-state index contributed by atoms with van der Waals surface area (Å²) in [6, 6.07) is 14.3. The van der Waals surface area contributed by atoms with E-state index in [0.29, 0.717) is 0 Å². The quantitative estimate of drug-likeness (QED) is 0.573. The van der Waals surface area contributed by atoms with Gasteiger partial charge in [-0.15, -0.1) is 0 Å². The average molecular weight is 458 g/mol. The molecule has 1 saturated carbocycles. The van der Waals surface area contributed by atoms with Gasteiger partial charge in [0.2, 0.25) is 0 Å². The second-order valence-corrected chi connectivity index (χ2v) is 11.0. The monoisotopic (exact) mass is 457 g/mol. The number of rotatable bonds is 4. The molecule has 0 amide bonds. The molecule has 2 aromatic rings. The summed E-state index contributed by atoms with van der Waals surface area (Å²) in [6.07, 6.45) is 6.76. The molecule has 0 radical (unpaired) electrons. The summed E-state index contributed by atoms with van der Waals surface area (Å²) >= 11 is 1.28. The van der Waals surface area contributed by atoms with Gasteiger partial charge in [0.05, 0.1) is 18.0 Å². The van der Waals surface area contributed by atoms with E-state index in [-0.39, 0.29) is 21.8 Å². The number of ether oxygens (including phenoxy) is 1. The molecule has 0 bridgehead atoms. The van der Waals surface area contributed by atoms with Gasteiger partial charge >= 0.3 is 5.97 Å². The van der Waals surface area contributed by atoms with E-state index < -0.39 is 16.0 Å². The van der Waals surface area contributed by atoms with Crippen molar-refractivity contribution in [1.29, 1.82) is 0 Å². The molecular weight excluding hydrogens is 430 g/mol. The van der Waals surface area contributed by atoms with Gasteiger partial charge in [-0.05, 0) is 49.4 Å². The first-order valence-corrected chi connectivity index (χ1v) is 12.8. The highest BCUT2D eigenvalue weighted by molar-refractivity contribution is 8.04. The Bertz CT molecular complexity index is 1090. The van der Waals surface area contributed by atoms with Gasteiger partial charge in [-0.25, -0.2) is 13.2 Å². The molecule has 2 aromatic carbocycles. The number of aryl methyl sites for hydroxylation is 1. The Balaban J connectivity index is 1.92. The van der Waals surface area contributed by atoms with Crippen LogP contribution < -0.4 is 0 Å². The van der Waals surface area contributed by atoms with Crippen molar-refractivity contribution in [2.45, 2.75) is 54.9 Å². The first kappa shape index (κ1) is 22.0. The van der Waals surface area contributed by atoms with Crippen LogP contribution in [-0.4, -0.2) is 25.8 Å². The summed E-state index contributed by atoms with van der Waals surface area (Å²) in [5.41, 5.74) is 1.94. The molecule has 4 rings (SSSR count). The van der Waals surface area contributed by atoms with Gasteiger partial charge < -0.3 is 4.74 Å². The second-order valence-electron chi connectivity index (χ2n) is 8.12. The Kier molecular flexibility index (Phi) is 6.44. The van der Waals surface area contributed by atoms with Gasteiger partial charge in [-0.3, -0.25) is 4.31 Å². The molecule has 31 heavy (non-hydrogen) atoms. The van der Waals surface area contributed by atoms with Crippen LogP contribution in [0.2, 0.25) is 0 Å².